The summed E-state index contributed by atoms with van der Waals surface area (Å²) in [6.07, 6.45) is 0. The van der Waals surface area contributed by atoms with E-state index < -0.39 is 20.7 Å². The molecule has 2 unspecified atom stereocenters. The molecule has 0 aliphatic heterocycles. The Morgan fingerprint density at radius 2 is 2.20 bits per heavy atom. The van der Waals surface area contributed by atoms with Gasteiger partial charge in [-0.05, 0) is 18.0 Å². The van der Waals surface area contributed by atoms with Gasteiger partial charge in [0.15, 0.2) is 0 Å². The van der Waals surface area contributed by atoms with Gasteiger partial charge in [0.05, 0.1) is 5.25 Å². The number of halogens is 2. The molecule has 0 aliphatic rings. The summed E-state index contributed by atoms with van der Waals surface area (Å²) in [6.45, 7) is 1.26. The van der Waals surface area contributed by atoms with Crippen LogP contribution in [0.3, 0.4) is 0 Å². The van der Waals surface area contributed by atoms with Crippen LogP contribution in [0.4, 0.5) is 0 Å². The van der Waals surface area contributed by atoms with Gasteiger partial charge < -0.3 is 4.55 Å². The molecule has 0 rings (SSSR count). The normalized spacial score (nSPS) is 17.5. The first-order chi connectivity index (χ1) is 4.41. The Morgan fingerprint density at radius 1 is 1.80 bits per heavy atom. The highest BCUT2D eigenvalue weighted by Crippen LogP contribution is 2.26. The van der Waals surface area contributed by atoms with Crippen LogP contribution in [0, 0.1) is 11.3 Å². The fourth-order valence-electron chi connectivity index (χ4n) is 0.212. The van der Waals surface area contributed by atoms with Crippen molar-refractivity contribution in [1.29, 1.82) is 5.26 Å². The summed E-state index contributed by atoms with van der Waals surface area (Å²) in [5.41, 5.74) is 0. The van der Waals surface area contributed by atoms with Gasteiger partial charge in [0.1, 0.15) is 6.07 Å². The SMILES string of the molecule is CC(S(=O)[O-])C(Cl)(Cl)C#N. The van der Waals surface area contributed by atoms with E-state index >= 15 is 0 Å². The van der Waals surface area contributed by atoms with E-state index in [0.29, 0.717) is 0 Å². The van der Waals surface area contributed by atoms with Crippen molar-refractivity contribution in [2.75, 3.05) is 0 Å². The van der Waals surface area contributed by atoms with Crippen molar-refractivity contribution >= 4 is 34.3 Å². The first kappa shape index (κ1) is 10.2. The zero-order valence-corrected chi connectivity index (χ0v) is 7.33. The van der Waals surface area contributed by atoms with Gasteiger partial charge in [-0.25, -0.2) is 0 Å². The summed E-state index contributed by atoms with van der Waals surface area (Å²) in [7, 11) is 0. The first-order valence-electron chi connectivity index (χ1n) is 2.29. The van der Waals surface area contributed by atoms with Crippen molar-refractivity contribution in [3.63, 3.8) is 0 Å². The maximum absolute atomic E-state index is 10.2. The van der Waals surface area contributed by atoms with Crippen LogP contribution in [0.5, 0.6) is 0 Å². The maximum atomic E-state index is 10.2. The van der Waals surface area contributed by atoms with Crippen LogP contribution in [0.2, 0.25) is 0 Å². The van der Waals surface area contributed by atoms with Gasteiger partial charge in [0.2, 0.25) is 4.33 Å². The molecule has 10 heavy (non-hydrogen) atoms. The van der Waals surface area contributed by atoms with Gasteiger partial charge in [-0.2, -0.15) is 5.26 Å². The third-order valence-electron chi connectivity index (χ3n) is 0.948. The molecule has 0 aromatic heterocycles. The van der Waals surface area contributed by atoms with Gasteiger partial charge in [0.25, 0.3) is 0 Å². The summed E-state index contributed by atoms with van der Waals surface area (Å²) in [4.78, 5) is 0. The highest BCUT2D eigenvalue weighted by Gasteiger charge is 2.32. The van der Waals surface area contributed by atoms with Crippen molar-refractivity contribution in [3.8, 4) is 6.07 Å². The van der Waals surface area contributed by atoms with E-state index in [2.05, 4.69) is 0 Å². The van der Waals surface area contributed by atoms with Crippen LogP contribution < -0.4 is 0 Å². The van der Waals surface area contributed by atoms with Gasteiger partial charge >= 0.3 is 0 Å². The topological polar surface area (TPSA) is 63.9 Å². The minimum Gasteiger partial charge on any atom is -0.772 e. The monoisotopic (exact) mass is 200 g/mol. The Labute approximate surface area is 71.2 Å². The second kappa shape index (κ2) is 3.54. The Bertz CT molecular complexity index is 188. The highest BCUT2D eigenvalue weighted by atomic mass is 35.5. The van der Waals surface area contributed by atoms with Crippen LogP contribution in [0.1, 0.15) is 6.92 Å². The molecule has 3 nitrogen and oxygen atoms in total. The lowest BCUT2D eigenvalue weighted by Crippen LogP contribution is -2.30. The van der Waals surface area contributed by atoms with Gasteiger partial charge in [-0.15, -0.1) is 0 Å². The Balaban J connectivity index is 4.37. The predicted molar refractivity (Wildman–Crippen MR) is 38.4 cm³/mol. The second-order valence-electron chi connectivity index (χ2n) is 1.64. The summed E-state index contributed by atoms with van der Waals surface area (Å²) >= 11 is 8.14. The van der Waals surface area contributed by atoms with Gasteiger partial charge in [0, 0.05) is 0 Å². The number of rotatable bonds is 2. The van der Waals surface area contributed by atoms with Crippen molar-refractivity contribution in [2.45, 2.75) is 16.5 Å². The lowest BCUT2D eigenvalue weighted by Gasteiger charge is -2.21. The third kappa shape index (κ3) is 2.43. The third-order valence-corrected chi connectivity index (χ3v) is 2.96. The number of hydrogen-bond acceptors (Lipinski definition) is 3. The van der Waals surface area contributed by atoms with Gasteiger partial charge in [-0.1, -0.05) is 23.2 Å². The molecule has 58 valence electrons. The minimum atomic E-state index is -2.42. The van der Waals surface area contributed by atoms with Crippen molar-refractivity contribution < 1.29 is 8.76 Å². The molecule has 6 heteroatoms. The molecule has 0 spiro atoms. The molecule has 0 fully saturated rings. The summed E-state index contributed by atoms with van der Waals surface area (Å²) in [6, 6.07) is 1.46. The van der Waals surface area contributed by atoms with E-state index in [9.17, 15) is 8.76 Å². The van der Waals surface area contributed by atoms with Crippen LogP contribution >= 0.6 is 23.2 Å². The number of nitrogens with zero attached hydrogens (tertiary/aromatic N) is 1. The quantitative estimate of drug-likeness (QED) is 0.493. The zero-order chi connectivity index (χ0) is 8.36. The molecular weight excluding hydrogens is 197 g/mol. The average molecular weight is 201 g/mol. The molecule has 0 aliphatic carbocycles. The predicted octanol–water partition coefficient (Wildman–Crippen LogP) is 0.951. The lowest BCUT2D eigenvalue weighted by atomic mass is 10.3. The molecule has 0 heterocycles. The lowest BCUT2D eigenvalue weighted by molar-refractivity contribution is 0.523. The van der Waals surface area contributed by atoms with Crippen molar-refractivity contribution in [3.05, 3.63) is 0 Å². The Hall–Kier alpha value is 0.180. The standard InChI is InChI=1S/C4H5Cl2NO2S/c1-3(10(8)9)4(5,6)2-7/h3H,1H3,(H,8,9)/p-1. The second-order valence-corrected chi connectivity index (χ2v) is 4.25. The fourth-order valence-corrected chi connectivity index (χ4v) is 0.943. The van der Waals surface area contributed by atoms with E-state index in [0.717, 1.165) is 0 Å². The number of nitriles is 1. The molecule has 0 saturated carbocycles. The summed E-state index contributed by atoms with van der Waals surface area (Å²) < 4.78 is 18.5. The summed E-state index contributed by atoms with van der Waals surface area (Å²) in [5, 5.41) is 7.14. The largest absolute Gasteiger partial charge is 0.772 e. The zero-order valence-electron chi connectivity index (χ0n) is 5.01. The molecule has 0 N–H and O–H groups in total. The molecule has 0 radical (unpaired) electrons. The molecule has 0 bridgehead atoms. The van der Waals surface area contributed by atoms with Crippen LogP contribution in [0.25, 0.3) is 0 Å². The molecule has 0 amide bonds. The Morgan fingerprint density at radius 3 is 2.30 bits per heavy atom. The van der Waals surface area contributed by atoms with Crippen LogP contribution in [0.15, 0.2) is 0 Å². The molecule has 0 aromatic carbocycles. The van der Waals surface area contributed by atoms with E-state index in [1.54, 1.807) is 0 Å². The van der Waals surface area contributed by atoms with E-state index in [1.165, 1.54) is 13.0 Å². The van der Waals surface area contributed by atoms with Crippen LogP contribution in [-0.2, 0) is 11.1 Å². The van der Waals surface area contributed by atoms with Crippen LogP contribution in [-0.4, -0.2) is 18.3 Å². The maximum Gasteiger partial charge on any atom is 0.216 e. The minimum absolute atomic E-state index is 1.08. The smallest absolute Gasteiger partial charge is 0.216 e. The Kier molecular flexibility index (Phi) is 3.60. The highest BCUT2D eigenvalue weighted by molar-refractivity contribution is 7.80. The van der Waals surface area contributed by atoms with Crippen molar-refractivity contribution in [1.82, 2.24) is 0 Å². The molecule has 2 atom stereocenters. The first-order valence-corrected chi connectivity index (χ1v) is 4.18. The number of hydrogen-bond donors (Lipinski definition) is 0. The molecule has 0 saturated heterocycles. The molecule has 0 aromatic rings. The van der Waals surface area contributed by atoms with E-state index in [-0.39, 0.29) is 0 Å². The molecular formula is C4H4Cl2NO2S-. The van der Waals surface area contributed by atoms with Gasteiger partial charge in [-0.3, -0.25) is 4.21 Å². The number of alkyl halides is 2. The van der Waals surface area contributed by atoms with Crippen molar-refractivity contribution in [2.24, 2.45) is 0 Å². The fraction of sp³-hybridized carbons (Fsp3) is 0.750. The van der Waals surface area contributed by atoms with E-state index in [1.807, 2.05) is 0 Å². The average Bonchev–Trinajstić information content (AvgIpc) is 1.86. The summed E-state index contributed by atoms with van der Waals surface area (Å²) in [5.74, 6) is 0. The van der Waals surface area contributed by atoms with E-state index in [4.69, 9.17) is 28.5 Å².